The predicted molar refractivity (Wildman–Crippen MR) is 89.8 cm³/mol. The van der Waals surface area contributed by atoms with Gasteiger partial charge in [-0.1, -0.05) is 12.0 Å². The number of alkyl halides is 2. The molecule has 0 radical (unpaired) electrons. The van der Waals surface area contributed by atoms with Crippen LogP contribution >= 0.6 is 0 Å². The molecule has 0 saturated heterocycles. The first-order valence-electron chi connectivity index (χ1n) is 7.66. The van der Waals surface area contributed by atoms with Gasteiger partial charge < -0.3 is 4.74 Å². The Labute approximate surface area is 152 Å². The van der Waals surface area contributed by atoms with Gasteiger partial charge in [0.05, 0.1) is 23.0 Å². The van der Waals surface area contributed by atoms with E-state index in [1.54, 1.807) is 31.3 Å². The van der Waals surface area contributed by atoms with Crippen molar-refractivity contribution in [2.45, 2.75) is 13.5 Å². The molecule has 0 fully saturated rings. The van der Waals surface area contributed by atoms with Crippen molar-refractivity contribution in [3.05, 3.63) is 70.9 Å². The fourth-order valence-corrected chi connectivity index (χ4v) is 2.36. The first-order chi connectivity index (χ1) is 13.0. The summed E-state index contributed by atoms with van der Waals surface area (Å²) in [6.07, 6.45) is 1.55. The van der Waals surface area contributed by atoms with Gasteiger partial charge >= 0.3 is 6.61 Å². The maximum atomic E-state index is 13.7. The van der Waals surface area contributed by atoms with Gasteiger partial charge in [-0.3, -0.25) is 0 Å². The van der Waals surface area contributed by atoms with Crippen LogP contribution in [0, 0.1) is 35.9 Å². The van der Waals surface area contributed by atoms with Crippen LogP contribution in [0.25, 0.3) is 5.69 Å². The van der Waals surface area contributed by atoms with E-state index in [1.807, 2.05) is 6.07 Å². The molecule has 0 unspecified atom stereocenters. The van der Waals surface area contributed by atoms with Crippen molar-refractivity contribution in [2.24, 2.45) is 0 Å². The molecule has 27 heavy (non-hydrogen) atoms. The van der Waals surface area contributed by atoms with Crippen LogP contribution in [0.4, 0.5) is 13.2 Å². The van der Waals surface area contributed by atoms with Gasteiger partial charge in [0, 0.05) is 6.20 Å². The summed E-state index contributed by atoms with van der Waals surface area (Å²) in [4.78, 5) is 4.04. The second-order valence-electron chi connectivity index (χ2n) is 5.33. The summed E-state index contributed by atoms with van der Waals surface area (Å²) < 4.78 is 44.9. The topological polar surface area (TPSA) is 63.7 Å². The Hall–Kier alpha value is -3.78. The number of hydrogen-bond acceptors (Lipinski definition) is 4. The lowest BCUT2D eigenvalue weighted by molar-refractivity contribution is -0.0532. The van der Waals surface area contributed by atoms with Crippen LogP contribution in [0.3, 0.4) is 0 Å². The van der Waals surface area contributed by atoms with E-state index in [2.05, 4.69) is 26.7 Å². The Bertz CT molecular complexity index is 1080. The Morgan fingerprint density at radius 1 is 1.19 bits per heavy atom. The second kappa shape index (κ2) is 7.63. The molecule has 3 rings (SSSR count). The minimum Gasteiger partial charge on any atom is -0.414 e. The summed E-state index contributed by atoms with van der Waals surface area (Å²) in [7, 11) is 0. The minimum absolute atomic E-state index is 0.0670. The molecule has 0 spiro atoms. The largest absolute Gasteiger partial charge is 0.414 e. The van der Waals surface area contributed by atoms with Crippen molar-refractivity contribution in [3.8, 4) is 29.5 Å². The van der Waals surface area contributed by atoms with Crippen LogP contribution in [-0.2, 0) is 0 Å². The van der Waals surface area contributed by atoms with E-state index < -0.39 is 18.3 Å². The number of ether oxygens (including phenoxy) is 1. The normalized spacial score (nSPS) is 10.2. The highest BCUT2D eigenvalue weighted by Crippen LogP contribution is 2.25. The molecule has 0 aliphatic heterocycles. The Morgan fingerprint density at radius 3 is 2.67 bits per heavy atom. The highest BCUT2D eigenvalue weighted by atomic mass is 19.3. The third kappa shape index (κ3) is 4.07. The average Bonchev–Trinajstić information content (AvgIpc) is 2.95. The number of aromatic nitrogens is 3. The van der Waals surface area contributed by atoms with E-state index >= 15 is 0 Å². The van der Waals surface area contributed by atoms with Crippen molar-refractivity contribution in [1.29, 1.82) is 5.26 Å². The lowest BCUT2D eigenvalue weighted by Crippen LogP contribution is -2.04. The lowest BCUT2D eigenvalue weighted by atomic mass is 10.2. The highest BCUT2D eigenvalue weighted by molar-refractivity contribution is 5.52. The van der Waals surface area contributed by atoms with Crippen molar-refractivity contribution >= 4 is 0 Å². The highest BCUT2D eigenvalue weighted by Gasteiger charge is 2.19. The van der Waals surface area contributed by atoms with Crippen LogP contribution in [0.2, 0.25) is 0 Å². The Morgan fingerprint density at radius 2 is 2.00 bits per heavy atom. The van der Waals surface area contributed by atoms with Gasteiger partial charge in [-0.25, -0.2) is 14.1 Å². The molecule has 0 saturated carbocycles. The third-order valence-corrected chi connectivity index (χ3v) is 3.52. The zero-order valence-corrected chi connectivity index (χ0v) is 13.9. The van der Waals surface area contributed by atoms with E-state index in [-0.39, 0.29) is 16.8 Å². The number of nitriles is 1. The molecule has 0 atom stereocenters. The standard InChI is InChI=1S/C19H11F3N4O/c1-12-17(6-5-15-4-2-3-7-24-15)18(27-19(21)22)25-26(12)16-9-13(11-23)8-14(20)10-16/h2-4,7-10,19H,1H3. The average molecular weight is 368 g/mol. The maximum absolute atomic E-state index is 13.7. The number of nitrogens with zero attached hydrogens (tertiary/aromatic N) is 4. The van der Waals surface area contributed by atoms with E-state index in [0.29, 0.717) is 11.4 Å². The summed E-state index contributed by atoms with van der Waals surface area (Å²) in [6.45, 7) is -1.53. The van der Waals surface area contributed by atoms with Gasteiger partial charge in [-0.15, -0.1) is 5.10 Å². The summed E-state index contributed by atoms with van der Waals surface area (Å²) in [6, 6.07) is 10.5. The van der Waals surface area contributed by atoms with Crippen molar-refractivity contribution in [3.63, 3.8) is 0 Å². The Kier molecular flexibility index (Phi) is 5.09. The minimum atomic E-state index is -3.11. The molecular weight excluding hydrogens is 357 g/mol. The number of hydrogen-bond donors (Lipinski definition) is 0. The molecule has 0 aliphatic rings. The summed E-state index contributed by atoms with van der Waals surface area (Å²) in [5.41, 5.74) is 1.16. The van der Waals surface area contributed by atoms with Crippen LogP contribution in [-0.4, -0.2) is 21.4 Å². The number of benzene rings is 1. The van der Waals surface area contributed by atoms with Crippen LogP contribution in [0.5, 0.6) is 5.88 Å². The molecule has 134 valence electrons. The third-order valence-electron chi connectivity index (χ3n) is 3.52. The lowest BCUT2D eigenvalue weighted by Gasteiger charge is -2.04. The smallest absolute Gasteiger partial charge is 0.388 e. The van der Waals surface area contributed by atoms with Gasteiger partial charge in [-0.05, 0) is 43.2 Å². The first-order valence-corrected chi connectivity index (χ1v) is 7.66. The molecule has 5 nitrogen and oxygen atoms in total. The monoisotopic (exact) mass is 368 g/mol. The molecule has 3 aromatic rings. The van der Waals surface area contributed by atoms with E-state index in [9.17, 15) is 13.2 Å². The molecule has 0 N–H and O–H groups in total. The quantitative estimate of drug-likeness (QED) is 0.663. The fourth-order valence-electron chi connectivity index (χ4n) is 2.36. The van der Waals surface area contributed by atoms with Crippen LogP contribution in [0.1, 0.15) is 22.5 Å². The SMILES string of the molecule is Cc1c(C#Cc2ccccn2)c(OC(F)F)nn1-c1cc(F)cc(C#N)c1. The van der Waals surface area contributed by atoms with Gasteiger partial charge in [0.1, 0.15) is 17.1 Å². The van der Waals surface area contributed by atoms with Gasteiger partial charge in [0.2, 0.25) is 0 Å². The first kappa shape index (κ1) is 18.0. The Balaban J connectivity index is 2.13. The molecule has 2 aromatic heterocycles. The zero-order valence-electron chi connectivity index (χ0n) is 13.9. The number of halogens is 3. The summed E-state index contributed by atoms with van der Waals surface area (Å²) >= 11 is 0. The van der Waals surface area contributed by atoms with Gasteiger partial charge in [-0.2, -0.15) is 14.0 Å². The number of pyridine rings is 1. The van der Waals surface area contributed by atoms with E-state index in [4.69, 9.17) is 5.26 Å². The number of rotatable bonds is 3. The van der Waals surface area contributed by atoms with Crippen molar-refractivity contribution < 1.29 is 17.9 Å². The van der Waals surface area contributed by atoms with E-state index in [1.165, 1.54) is 10.7 Å². The summed E-state index contributed by atoms with van der Waals surface area (Å²) in [5.74, 6) is 4.42. The fraction of sp³-hybridized carbons (Fsp3) is 0.105. The predicted octanol–water partition coefficient (Wildman–Crippen LogP) is 3.59. The molecule has 1 aromatic carbocycles. The second-order valence-corrected chi connectivity index (χ2v) is 5.33. The summed E-state index contributed by atoms with van der Waals surface area (Å²) in [5, 5.41) is 13.0. The van der Waals surface area contributed by atoms with Crippen LogP contribution in [0.15, 0.2) is 42.6 Å². The maximum Gasteiger partial charge on any atom is 0.388 e. The van der Waals surface area contributed by atoms with Crippen LogP contribution < -0.4 is 4.74 Å². The van der Waals surface area contributed by atoms with Crippen molar-refractivity contribution in [1.82, 2.24) is 14.8 Å². The molecule has 0 bridgehead atoms. The molecule has 0 aliphatic carbocycles. The molecular formula is C19H11F3N4O. The van der Waals surface area contributed by atoms with Gasteiger partial charge in [0.15, 0.2) is 0 Å². The van der Waals surface area contributed by atoms with Gasteiger partial charge in [0.25, 0.3) is 5.88 Å². The molecule has 2 heterocycles. The van der Waals surface area contributed by atoms with E-state index in [0.717, 1.165) is 12.1 Å². The molecule has 0 amide bonds. The van der Waals surface area contributed by atoms with Crippen molar-refractivity contribution in [2.75, 3.05) is 0 Å². The molecule has 8 heteroatoms. The zero-order chi connectivity index (χ0) is 19.4.